The van der Waals surface area contributed by atoms with Gasteiger partial charge in [-0.15, -0.1) is 0 Å². The number of hydrogen-bond donors (Lipinski definition) is 2. The first-order chi connectivity index (χ1) is 31.3. The van der Waals surface area contributed by atoms with Crippen LogP contribution < -0.4 is 5.73 Å². The molecule has 0 aromatic carbocycles. The average molecular weight is 930 g/mol. The smallest absolute Gasteiger partial charge is 0.462 e. The Morgan fingerprint density at radius 2 is 0.672 bits per heavy atom. The first-order valence-corrected chi connectivity index (χ1v) is 29.5. The second-order valence-corrected chi connectivity index (χ2v) is 20.6. The van der Waals surface area contributed by atoms with Gasteiger partial charge in [0.2, 0.25) is 0 Å². The van der Waals surface area contributed by atoms with Crippen molar-refractivity contribution in [2.75, 3.05) is 26.4 Å². The standard InChI is InChI=1S/C54H108NO8P/c1-3-5-7-9-11-13-14-15-16-17-18-19-20-21-22-23-24-25-26-27-28-29-30-31-32-33-34-35-36-37-38-39-41-43-45-47-54(57)63-52(51-62-64(58,59)61-49-48-55)50-60-53(56)46-44-42-40-12-10-8-6-4-2/h52H,3-51,55H2,1-2H3,(H,58,59). The van der Waals surface area contributed by atoms with Crippen molar-refractivity contribution >= 4 is 19.8 Å². The van der Waals surface area contributed by atoms with E-state index in [1.165, 1.54) is 238 Å². The molecule has 10 heteroatoms. The maximum Gasteiger partial charge on any atom is 0.472 e. The lowest BCUT2D eigenvalue weighted by Crippen LogP contribution is -2.29. The normalized spacial score (nSPS) is 13.0. The number of carbonyl (C=O) groups excluding carboxylic acids is 2. The van der Waals surface area contributed by atoms with E-state index >= 15 is 0 Å². The van der Waals surface area contributed by atoms with Crippen LogP contribution in [-0.4, -0.2) is 49.3 Å². The summed E-state index contributed by atoms with van der Waals surface area (Å²) in [5.41, 5.74) is 5.35. The van der Waals surface area contributed by atoms with Crippen LogP contribution in [0.1, 0.15) is 303 Å². The zero-order valence-corrected chi connectivity index (χ0v) is 43.4. The molecule has 3 N–H and O–H groups in total. The van der Waals surface area contributed by atoms with Crippen LogP contribution in [0.25, 0.3) is 0 Å². The first-order valence-electron chi connectivity index (χ1n) is 28.0. The number of phosphoric acid groups is 1. The number of phosphoric ester groups is 1. The molecular weight excluding hydrogens is 822 g/mol. The minimum Gasteiger partial charge on any atom is -0.462 e. The molecule has 0 fully saturated rings. The second kappa shape index (κ2) is 51.4. The lowest BCUT2D eigenvalue weighted by Gasteiger charge is -2.19. The Balaban J connectivity index is 3.67. The van der Waals surface area contributed by atoms with Gasteiger partial charge in [-0.3, -0.25) is 18.6 Å². The molecule has 0 spiro atoms. The van der Waals surface area contributed by atoms with Gasteiger partial charge in [0.05, 0.1) is 13.2 Å². The van der Waals surface area contributed by atoms with Crippen molar-refractivity contribution < 1.29 is 37.6 Å². The summed E-state index contributed by atoms with van der Waals surface area (Å²) >= 11 is 0. The molecule has 0 bridgehead atoms. The van der Waals surface area contributed by atoms with E-state index in [1.54, 1.807) is 0 Å². The van der Waals surface area contributed by atoms with Gasteiger partial charge in [0.25, 0.3) is 0 Å². The minimum atomic E-state index is -4.37. The number of carbonyl (C=O) groups is 2. The van der Waals surface area contributed by atoms with Gasteiger partial charge < -0.3 is 20.1 Å². The quantitative estimate of drug-likeness (QED) is 0.0347. The van der Waals surface area contributed by atoms with Crippen molar-refractivity contribution in [1.82, 2.24) is 0 Å². The van der Waals surface area contributed by atoms with Crippen LogP contribution in [-0.2, 0) is 32.7 Å². The van der Waals surface area contributed by atoms with Crippen molar-refractivity contribution in [3.05, 3.63) is 0 Å². The highest BCUT2D eigenvalue weighted by Gasteiger charge is 2.26. The molecule has 0 aliphatic heterocycles. The van der Waals surface area contributed by atoms with E-state index in [9.17, 15) is 19.0 Å². The lowest BCUT2D eigenvalue weighted by molar-refractivity contribution is -0.161. The van der Waals surface area contributed by atoms with Gasteiger partial charge in [0.1, 0.15) is 6.61 Å². The molecule has 2 unspecified atom stereocenters. The fourth-order valence-electron chi connectivity index (χ4n) is 8.58. The van der Waals surface area contributed by atoms with Crippen molar-refractivity contribution in [1.29, 1.82) is 0 Å². The van der Waals surface area contributed by atoms with Crippen LogP contribution >= 0.6 is 7.82 Å². The Hall–Kier alpha value is -0.990. The monoisotopic (exact) mass is 930 g/mol. The Bertz CT molecular complexity index is 1020. The average Bonchev–Trinajstić information content (AvgIpc) is 3.28. The van der Waals surface area contributed by atoms with Crippen LogP contribution in [0, 0.1) is 0 Å². The van der Waals surface area contributed by atoms with Crippen molar-refractivity contribution in [3.8, 4) is 0 Å². The zero-order valence-electron chi connectivity index (χ0n) is 42.6. The molecule has 0 saturated heterocycles. The van der Waals surface area contributed by atoms with E-state index in [1.807, 2.05) is 0 Å². The Morgan fingerprint density at radius 1 is 0.406 bits per heavy atom. The van der Waals surface area contributed by atoms with E-state index in [-0.39, 0.29) is 38.6 Å². The third-order valence-corrected chi connectivity index (χ3v) is 13.7. The Morgan fingerprint density at radius 3 is 0.953 bits per heavy atom. The third-order valence-electron chi connectivity index (χ3n) is 12.7. The number of rotatable bonds is 54. The summed E-state index contributed by atoms with van der Waals surface area (Å²) < 4.78 is 32.8. The molecule has 0 aromatic rings. The molecule has 0 saturated carbocycles. The maximum atomic E-state index is 12.6. The van der Waals surface area contributed by atoms with Crippen molar-refractivity contribution in [2.24, 2.45) is 5.73 Å². The molecule has 0 amide bonds. The molecule has 0 aromatic heterocycles. The SMILES string of the molecule is CCCCCCCCCCCCCCCCCCCCCCCCCCCCCCCCCCCCCC(=O)OC(COC(=O)CCCCCCCCCC)COP(=O)(O)OCCN. The van der Waals surface area contributed by atoms with Crippen molar-refractivity contribution in [3.63, 3.8) is 0 Å². The highest BCUT2D eigenvalue weighted by molar-refractivity contribution is 7.47. The summed E-state index contributed by atoms with van der Waals surface area (Å²) in [6.45, 7) is 3.75. The number of unbranched alkanes of at least 4 members (excludes halogenated alkanes) is 41. The predicted octanol–water partition coefficient (Wildman–Crippen LogP) is 17.1. The predicted molar refractivity (Wildman–Crippen MR) is 271 cm³/mol. The van der Waals surface area contributed by atoms with Crippen LogP contribution in [0.4, 0.5) is 0 Å². The van der Waals surface area contributed by atoms with Crippen LogP contribution in [0.15, 0.2) is 0 Å². The van der Waals surface area contributed by atoms with Gasteiger partial charge in [0, 0.05) is 19.4 Å². The topological polar surface area (TPSA) is 134 Å². The summed E-state index contributed by atoms with van der Waals surface area (Å²) in [6.07, 6.45) is 56.4. The van der Waals surface area contributed by atoms with Crippen LogP contribution in [0.3, 0.4) is 0 Å². The lowest BCUT2D eigenvalue weighted by atomic mass is 10.0. The van der Waals surface area contributed by atoms with Crippen LogP contribution in [0.5, 0.6) is 0 Å². The maximum absolute atomic E-state index is 12.6. The third kappa shape index (κ3) is 50.4. The molecule has 382 valence electrons. The summed E-state index contributed by atoms with van der Waals surface area (Å²) in [4.78, 5) is 34.8. The summed E-state index contributed by atoms with van der Waals surface area (Å²) in [7, 11) is -4.37. The Kier molecular flexibility index (Phi) is 50.6. The molecular formula is C54H108NO8P. The molecule has 0 radical (unpaired) electrons. The molecule has 0 heterocycles. The van der Waals surface area contributed by atoms with E-state index < -0.39 is 26.5 Å². The Labute approximate surface area is 397 Å². The molecule has 2 atom stereocenters. The number of esters is 2. The first kappa shape index (κ1) is 63.0. The fourth-order valence-corrected chi connectivity index (χ4v) is 9.35. The van der Waals surface area contributed by atoms with Crippen LogP contribution in [0.2, 0.25) is 0 Å². The highest BCUT2D eigenvalue weighted by Crippen LogP contribution is 2.43. The summed E-state index contributed by atoms with van der Waals surface area (Å²) in [5, 5.41) is 0. The minimum absolute atomic E-state index is 0.0580. The molecule has 9 nitrogen and oxygen atoms in total. The zero-order chi connectivity index (χ0) is 46.7. The largest absolute Gasteiger partial charge is 0.472 e. The molecule has 0 rings (SSSR count). The van der Waals surface area contributed by atoms with E-state index in [0.29, 0.717) is 6.42 Å². The molecule has 0 aliphatic carbocycles. The number of ether oxygens (including phenoxy) is 2. The van der Waals surface area contributed by atoms with Gasteiger partial charge in [-0.1, -0.05) is 277 Å². The number of nitrogens with two attached hydrogens (primary N) is 1. The highest BCUT2D eigenvalue weighted by atomic mass is 31.2. The van der Waals surface area contributed by atoms with E-state index in [2.05, 4.69) is 13.8 Å². The van der Waals surface area contributed by atoms with Gasteiger partial charge in [0.15, 0.2) is 6.10 Å². The van der Waals surface area contributed by atoms with Gasteiger partial charge in [-0.2, -0.15) is 0 Å². The summed E-state index contributed by atoms with van der Waals surface area (Å²) in [5.74, 6) is -0.815. The number of hydrogen-bond acceptors (Lipinski definition) is 8. The molecule has 0 aliphatic rings. The van der Waals surface area contributed by atoms with Gasteiger partial charge in [-0.05, 0) is 12.8 Å². The van der Waals surface area contributed by atoms with E-state index in [0.717, 1.165) is 32.1 Å². The summed E-state index contributed by atoms with van der Waals surface area (Å²) in [6, 6.07) is 0. The van der Waals surface area contributed by atoms with Gasteiger partial charge in [-0.25, -0.2) is 4.57 Å². The second-order valence-electron chi connectivity index (χ2n) is 19.2. The van der Waals surface area contributed by atoms with E-state index in [4.69, 9.17) is 24.3 Å². The van der Waals surface area contributed by atoms with Crippen molar-refractivity contribution in [2.45, 2.75) is 309 Å². The fraction of sp³-hybridized carbons (Fsp3) is 0.963. The molecule has 64 heavy (non-hydrogen) atoms. The van der Waals surface area contributed by atoms with Gasteiger partial charge >= 0.3 is 19.8 Å².